The van der Waals surface area contributed by atoms with E-state index >= 15 is 0 Å². The van der Waals surface area contributed by atoms with E-state index in [1.807, 2.05) is 11.3 Å². The molecule has 0 saturated carbocycles. The van der Waals surface area contributed by atoms with Crippen LogP contribution in [0.15, 0.2) is 218 Å². The van der Waals surface area contributed by atoms with E-state index < -0.39 is 5.41 Å². The van der Waals surface area contributed by atoms with Gasteiger partial charge in [0, 0.05) is 54.0 Å². The Hall–Kier alpha value is -7.92. The van der Waals surface area contributed by atoms with Crippen LogP contribution in [0.25, 0.3) is 64.7 Å². The topological polar surface area (TPSA) is 6.48 Å². The van der Waals surface area contributed by atoms with Crippen LogP contribution in [-0.4, -0.2) is 6.85 Å². The number of hydrogen-bond donors (Lipinski definition) is 0. The lowest BCUT2D eigenvalue weighted by molar-refractivity contribution is 0.590. The monoisotopic (exact) mass is 896 g/mol. The van der Waals surface area contributed by atoms with Crippen LogP contribution in [-0.2, 0) is 10.8 Å². The van der Waals surface area contributed by atoms with E-state index in [2.05, 4.69) is 249 Å². The predicted molar refractivity (Wildman–Crippen MR) is 293 cm³/mol. The summed E-state index contributed by atoms with van der Waals surface area (Å²) in [5, 5.41) is 2.62. The van der Waals surface area contributed by atoms with Crippen molar-refractivity contribution in [2.45, 2.75) is 31.6 Å². The number of fused-ring (bicyclic) bond motifs is 16. The van der Waals surface area contributed by atoms with Crippen molar-refractivity contribution in [3.8, 4) is 44.5 Å². The Bertz CT molecular complexity index is 3930. The van der Waals surface area contributed by atoms with Gasteiger partial charge >= 0.3 is 6.85 Å². The van der Waals surface area contributed by atoms with Gasteiger partial charge in [0.1, 0.15) is 0 Å². The fourth-order valence-electron chi connectivity index (χ4n) is 12.9. The molecule has 0 fully saturated rings. The molecule has 69 heavy (non-hydrogen) atoms. The zero-order valence-corrected chi connectivity index (χ0v) is 39.5. The van der Waals surface area contributed by atoms with Crippen LogP contribution in [0.4, 0.5) is 28.4 Å². The lowest BCUT2D eigenvalue weighted by Crippen LogP contribution is -2.63. The molecule has 0 bridgehead atoms. The molecule has 10 aromatic carbocycles. The van der Waals surface area contributed by atoms with Gasteiger partial charge in [-0.3, -0.25) is 0 Å². The number of anilines is 5. The maximum atomic E-state index is 2.76. The molecule has 1 aromatic heterocycles. The average molecular weight is 897 g/mol. The molecule has 0 saturated heterocycles. The van der Waals surface area contributed by atoms with Gasteiger partial charge in [0.2, 0.25) is 0 Å². The van der Waals surface area contributed by atoms with E-state index in [1.165, 1.54) is 132 Å². The summed E-state index contributed by atoms with van der Waals surface area (Å²) in [5.41, 5.74) is 25.0. The minimum absolute atomic E-state index is 0.0383. The summed E-state index contributed by atoms with van der Waals surface area (Å²) in [7, 11) is 0. The van der Waals surface area contributed by atoms with Gasteiger partial charge in [0.25, 0.3) is 0 Å². The first-order valence-corrected chi connectivity index (χ1v) is 25.1. The van der Waals surface area contributed by atoms with Crippen LogP contribution in [0, 0.1) is 0 Å². The number of rotatable bonds is 3. The molecular weight excluding hydrogens is 852 g/mol. The molecule has 4 aliphatic rings. The highest BCUT2D eigenvalue weighted by molar-refractivity contribution is 7.26. The van der Waals surface area contributed by atoms with Gasteiger partial charge in [-0.15, -0.1) is 11.3 Å². The van der Waals surface area contributed by atoms with Crippen molar-refractivity contribution in [3.63, 3.8) is 0 Å². The number of para-hydroxylation sites is 2. The quantitative estimate of drug-likeness (QED) is 0.163. The second-order valence-corrected chi connectivity index (χ2v) is 21.4. The van der Waals surface area contributed by atoms with Crippen molar-refractivity contribution in [1.29, 1.82) is 0 Å². The molecule has 1 spiro atoms. The van der Waals surface area contributed by atoms with E-state index in [0.717, 1.165) is 0 Å². The van der Waals surface area contributed by atoms with Crippen molar-refractivity contribution in [2.24, 2.45) is 0 Å². The van der Waals surface area contributed by atoms with E-state index in [0.29, 0.717) is 0 Å². The van der Waals surface area contributed by atoms with Gasteiger partial charge in [-0.2, -0.15) is 0 Å². The van der Waals surface area contributed by atoms with Gasteiger partial charge in [-0.25, -0.2) is 0 Å². The maximum Gasteiger partial charge on any atom is 0.333 e. The minimum Gasteiger partial charge on any atom is -0.376 e. The molecule has 0 radical (unpaired) electrons. The highest BCUT2D eigenvalue weighted by Crippen LogP contribution is 2.65. The predicted octanol–water partition coefficient (Wildman–Crippen LogP) is 16.1. The molecule has 4 heterocycles. The Balaban J connectivity index is 1.12. The van der Waals surface area contributed by atoms with Crippen molar-refractivity contribution < 1.29 is 0 Å². The van der Waals surface area contributed by atoms with Crippen molar-refractivity contribution in [2.75, 3.05) is 9.71 Å². The number of benzene rings is 10. The standard InChI is InChI=1S/C65H45BN2S/c1-64(2,3)43-33-34-56(48(37-43)41-21-8-5-9-22-41)67-58-39-61-49(46-25-12-17-32-60(46)69-61)38-55(58)66-62-50(35-42(36-59(62)67)40-19-6-4-7-20-40)47-26-18-30-54-63(47)68(66)57-31-16-15-29-53(57)65(54)51-27-13-10-23-44(51)45-24-11-14-28-52(45)65/h4-39H,1-3H3. The summed E-state index contributed by atoms with van der Waals surface area (Å²) in [6.45, 7) is 6.83. The van der Waals surface area contributed by atoms with Gasteiger partial charge < -0.3 is 9.71 Å². The first kappa shape index (κ1) is 39.1. The summed E-state index contributed by atoms with van der Waals surface area (Å²) in [6, 6.07) is 83.3. The summed E-state index contributed by atoms with van der Waals surface area (Å²) < 4.78 is 2.61. The molecule has 0 amide bonds. The zero-order chi connectivity index (χ0) is 45.8. The molecule has 0 N–H and O–H groups in total. The molecule has 4 heteroatoms. The molecule has 2 nitrogen and oxygen atoms in total. The van der Waals surface area contributed by atoms with Gasteiger partial charge in [0.05, 0.1) is 11.1 Å². The fourth-order valence-corrected chi connectivity index (χ4v) is 14.0. The summed E-state index contributed by atoms with van der Waals surface area (Å²) in [5.74, 6) is 0. The zero-order valence-electron chi connectivity index (χ0n) is 38.7. The normalized spacial score (nSPS) is 14.3. The SMILES string of the molecule is CC(C)(C)c1ccc(N2c3cc4sc5ccccc5c4cc3B3c4c(cc(-c5ccccc5)cc42)-c2cccc4c2N3c2ccccc2C42c3ccccc3-c3ccccc32)c(-c2ccccc2)c1. The Morgan fingerprint density at radius 2 is 1.04 bits per heavy atom. The lowest BCUT2D eigenvalue weighted by atomic mass is 9.42. The van der Waals surface area contributed by atoms with Crippen LogP contribution in [0.2, 0.25) is 0 Å². The van der Waals surface area contributed by atoms with E-state index in [-0.39, 0.29) is 12.3 Å². The van der Waals surface area contributed by atoms with Gasteiger partial charge in [-0.05, 0) is 120 Å². The largest absolute Gasteiger partial charge is 0.376 e. The second kappa shape index (κ2) is 14.1. The Morgan fingerprint density at radius 3 is 1.80 bits per heavy atom. The number of hydrogen-bond acceptors (Lipinski definition) is 3. The van der Waals surface area contributed by atoms with E-state index in [4.69, 9.17) is 0 Å². The van der Waals surface area contributed by atoms with Crippen LogP contribution >= 0.6 is 11.3 Å². The van der Waals surface area contributed by atoms with Crippen molar-refractivity contribution in [1.82, 2.24) is 0 Å². The fraction of sp³-hybridized carbons (Fsp3) is 0.0769. The molecule has 15 rings (SSSR count). The Labute approximate surface area is 407 Å². The third-order valence-electron chi connectivity index (χ3n) is 15.8. The maximum absolute atomic E-state index is 2.76. The molecule has 1 aliphatic carbocycles. The van der Waals surface area contributed by atoms with Gasteiger partial charge in [0.15, 0.2) is 0 Å². The third-order valence-corrected chi connectivity index (χ3v) is 16.9. The first-order valence-electron chi connectivity index (χ1n) is 24.3. The first-order chi connectivity index (χ1) is 33.9. The van der Waals surface area contributed by atoms with Crippen LogP contribution < -0.4 is 20.6 Å². The smallest absolute Gasteiger partial charge is 0.333 e. The number of nitrogens with zero attached hydrogens (tertiary/aromatic N) is 2. The Kier molecular flexibility index (Phi) is 7.98. The second-order valence-electron chi connectivity index (χ2n) is 20.3. The van der Waals surface area contributed by atoms with Crippen LogP contribution in [0.5, 0.6) is 0 Å². The van der Waals surface area contributed by atoms with Gasteiger partial charge in [-0.1, -0.05) is 197 Å². The summed E-state index contributed by atoms with van der Waals surface area (Å²) in [6.07, 6.45) is 0. The average Bonchev–Trinajstić information content (AvgIpc) is 3.91. The molecule has 0 atom stereocenters. The van der Waals surface area contributed by atoms with Crippen LogP contribution in [0.1, 0.15) is 48.6 Å². The molecule has 324 valence electrons. The highest BCUT2D eigenvalue weighted by atomic mass is 32.1. The van der Waals surface area contributed by atoms with E-state index in [1.54, 1.807) is 0 Å². The highest BCUT2D eigenvalue weighted by Gasteiger charge is 2.56. The minimum atomic E-state index is -0.514. The lowest BCUT2D eigenvalue weighted by Gasteiger charge is -2.52. The summed E-state index contributed by atoms with van der Waals surface area (Å²) in [4.78, 5) is 5.41. The number of thiophene rings is 1. The van der Waals surface area contributed by atoms with Crippen molar-refractivity contribution in [3.05, 3.63) is 246 Å². The molecule has 11 aromatic rings. The molecule has 0 unspecified atom stereocenters. The summed E-state index contributed by atoms with van der Waals surface area (Å²) >= 11 is 1.90. The van der Waals surface area contributed by atoms with Crippen LogP contribution in [0.3, 0.4) is 0 Å². The van der Waals surface area contributed by atoms with Crippen molar-refractivity contribution >= 4 is 77.7 Å². The molecular formula is C65H45BN2S. The van der Waals surface area contributed by atoms with E-state index in [9.17, 15) is 0 Å². The third kappa shape index (κ3) is 5.22. The Morgan fingerprint density at radius 1 is 0.406 bits per heavy atom. The molecule has 3 aliphatic heterocycles.